The number of nitrogens with zero attached hydrogens (tertiary/aromatic N) is 1. The molecule has 9 heteroatoms. The molecule has 1 aromatic carbocycles. The molecule has 0 atom stereocenters. The zero-order valence-electron chi connectivity index (χ0n) is 14.9. The molecule has 1 aliphatic heterocycles. The van der Waals surface area contributed by atoms with Gasteiger partial charge in [-0.05, 0) is 56.7 Å². The summed E-state index contributed by atoms with van der Waals surface area (Å²) in [4.78, 5) is 12.4. The quantitative estimate of drug-likeness (QED) is 0.785. The Hall–Kier alpha value is -1.22. The van der Waals surface area contributed by atoms with Gasteiger partial charge in [0.15, 0.2) is 0 Å². The van der Waals surface area contributed by atoms with Crippen LogP contribution in [-0.2, 0) is 14.8 Å². The Bertz CT molecular complexity index is 789. The van der Waals surface area contributed by atoms with Crippen LogP contribution in [0.4, 0.5) is 4.39 Å². The van der Waals surface area contributed by atoms with E-state index in [2.05, 4.69) is 5.32 Å². The Labute approximate surface area is 163 Å². The smallest absolute Gasteiger partial charge is 0.243 e. The number of aliphatic hydroxyl groups is 1. The molecular formula is C18H24ClFN2O4S. The molecule has 0 spiro atoms. The number of piperidine rings is 1. The highest BCUT2D eigenvalue weighted by molar-refractivity contribution is 7.89. The highest BCUT2D eigenvalue weighted by atomic mass is 35.5. The second-order valence-corrected chi connectivity index (χ2v) is 9.61. The topological polar surface area (TPSA) is 86.7 Å². The van der Waals surface area contributed by atoms with E-state index in [1.165, 1.54) is 10.4 Å². The van der Waals surface area contributed by atoms with Gasteiger partial charge in [0.25, 0.3) is 0 Å². The molecule has 1 aliphatic carbocycles. The Kier molecular flexibility index (Phi) is 6.40. The molecule has 0 unspecified atom stereocenters. The van der Waals surface area contributed by atoms with E-state index in [9.17, 15) is 22.7 Å². The van der Waals surface area contributed by atoms with E-state index in [1.807, 2.05) is 0 Å². The van der Waals surface area contributed by atoms with Crippen molar-refractivity contribution in [2.75, 3.05) is 13.1 Å². The monoisotopic (exact) mass is 418 g/mol. The summed E-state index contributed by atoms with van der Waals surface area (Å²) < 4.78 is 40.0. The van der Waals surface area contributed by atoms with E-state index in [-0.39, 0.29) is 47.0 Å². The molecule has 1 heterocycles. The number of amides is 1. The van der Waals surface area contributed by atoms with Crippen molar-refractivity contribution < 1.29 is 22.7 Å². The Balaban J connectivity index is 1.56. The van der Waals surface area contributed by atoms with Crippen LogP contribution in [0.5, 0.6) is 0 Å². The number of benzene rings is 1. The fourth-order valence-corrected chi connectivity index (χ4v) is 5.43. The zero-order valence-corrected chi connectivity index (χ0v) is 16.5. The Morgan fingerprint density at radius 1 is 1.15 bits per heavy atom. The van der Waals surface area contributed by atoms with Crippen LogP contribution < -0.4 is 5.32 Å². The van der Waals surface area contributed by atoms with E-state index >= 15 is 0 Å². The molecule has 0 bridgehead atoms. The van der Waals surface area contributed by atoms with Crippen molar-refractivity contribution in [3.05, 3.63) is 29.0 Å². The van der Waals surface area contributed by atoms with Gasteiger partial charge in [-0.2, -0.15) is 4.31 Å². The number of hydrogen-bond acceptors (Lipinski definition) is 4. The molecule has 6 nitrogen and oxygen atoms in total. The maximum atomic E-state index is 13.3. The first-order valence-corrected chi connectivity index (χ1v) is 11.0. The van der Waals surface area contributed by atoms with E-state index in [4.69, 9.17) is 11.6 Å². The minimum Gasteiger partial charge on any atom is -0.393 e. The molecule has 1 aromatic rings. The summed E-state index contributed by atoms with van der Waals surface area (Å²) in [7, 11) is -3.76. The van der Waals surface area contributed by atoms with E-state index < -0.39 is 15.8 Å². The maximum Gasteiger partial charge on any atom is 0.243 e. The van der Waals surface area contributed by atoms with Gasteiger partial charge in [-0.3, -0.25) is 4.79 Å². The fraction of sp³-hybridized carbons (Fsp3) is 0.611. The molecule has 0 radical (unpaired) electrons. The predicted molar refractivity (Wildman–Crippen MR) is 99.3 cm³/mol. The van der Waals surface area contributed by atoms with Crippen molar-refractivity contribution >= 4 is 27.5 Å². The number of halogens is 2. The molecule has 0 aromatic heterocycles. The van der Waals surface area contributed by atoms with Gasteiger partial charge in [-0.1, -0.05) is 11.6 Å². The van der Waals surface area contributed by atoms with Crippen molar-refractivity contribution in [2.45, 2.75) is 55.6 Å². The lowest BCUT2D eigenvalue weighted by Crippen LogP contribution is -2.46. The maximum absolute atomic E-state index is 13.3. The second kappa shape index (κ2) is 8.43. The number of carbonyl (C=O) groups excluding carboxylic acids is 1. The molecule has 1 amide bonds. The summed E-state index contributed by atoms with van der Waals surface area (Å²) in [5, 5.41) is 12.3. The van der Waals surface area contributed by atoms with Crippen molar-refractivity contribution in [3.63, 3.8) is 0 Å². The summed E-state index contributed by atoms with van der Waals surface area (Å²) in [6.45, 7) is 0.470. The fourth-order valence-electron chi connectivity index (χ4n) is 3.68. The SMILES string of the molecule is O=C(NC1CCC(O)CC1)C1CCN(S(=O)(=O)c2ccc(F)c(Cl)c2)CC1. The van der Waals surface area contributed by atoms with Crippen LogP contribution in [0.3, 0.4) is 0 Å². The molecule has 27 heavy (non-hydrogen) atoms. The van der Waals surface area contributed by atoms with Gasteiger partial charge in [-0.25, -0.2) is 12.8 Å². The molecule has 2 N–H and O–H groups in total. The van der Waals surface area contributed by atoms with Crippen LogP contribution in [0, 0.1) is 11.7 Å². The van der Waals surface area contributed by atoms with Crippen LogP contribution in [0.15, 0.2) is 23.1 Å². The number of nitrogens with one attached hydrogen (secondary N) is 1. The number of carbonyl (C=O) groups is 1. The third kappa shape index (κ3) is 4.80. The van der Waals surface area contributed by atoms with Gasteiger partial charge in [0.1, 0.15) is 5.82 Å². The van der Waals surface area contributed by atoms with Crippen LogP contribution >= 0.6 is 11.6 Å². The van der Waals surface area contributed by atoms with Crippen molar-refractivity contribution in [1.82, 2.24) is 9.62 Å². The van der Waals surface area contributed by atoms with Gasteiger partial charge in [0.05, 0.1) is 16.0 Å². The first-order valence-electron chi connectivity index (χ1n) is 9.21. The highest BCUT2D eigenvalue weighted by Gasteiger charge is 2.33. The molecule has 150 valence electrons. The lowest BCUT2D eigenvalue weighted by molar-refractivity contribution is -0.127. The number of rotatable bonds is 4. The zero-order chi connectivity index (χ0) is 19.6. The minimum absolute atomic E-state index is 0.0433. The normalized spacial score (nSPS) is 25.3. The summed E-state index contributed by atoms with van der Waals surface area (Å²) in [6.07, 6.45) is 3.54. The van der Waals surface area contributed by atoms with Crippen molar-refractivity contribution in [3.8, 4) is 0 Å². The molecule has 1 saturated heterocycles. The Morgan fingerprint density at radius 2 is 1.78 bits per heavy atom. The molecule has 3 rings (SSSR count). The van der Waals surface area contributed by atoms with Crippen LogP contribution in [0.2, 0.25) is 5.02 Å². The lowest BCUT2D eigenvalue weighted by Gasteiger charge is -2.32. The van der Waals surface area contributed by atoms with Crippen molar-refractivity contribution in [1.29, 1.82) is 0 Å². The molecule has 2 fully saturated rings. The third-order valence-electron chi connectivity index (χ3n) is 5.40. The predicted octanol–water partition coefficient (Wildman–Crippen LogP) is 2.30. The van der Waals surface area contributed by atoms with Gasteiger partial charge >= 0.3 is 0 Å². The molecule has 1 saturated carbocycles. The largest absolute Gasteiger partial charge is 0.393 e. The number of hydrogen-bond donors (Lipinski definition) is 2. The van der Waals surface area contributed by atoms with Crippen LogP contribution in [0.25, 0.3) is 0 Å². The minimum atomic E-state index is -3.76. The first-order chi connectivity index (χ1) is 12.8. The van der Waals surface area contributed by atoms with E-state index in [0.717, 1.165) is 25.0 Å². The van der Waals surface area contributed by atoms with Crippen LogP contribution in [-0.4, -0.2) is 49.0 Å². The standard InChI is InChI=1S/C18H24ClFN2O4S/c19-16-11-15(5-6-17(16)20)27(25,26)22-9-7-12(8-10-22)18(24)21-13-1-3-14(23)4-2-13/h5-6,11-14,23H,1-4,7-10H2,(H,21,24). The average Bonchev–Trinajstić information content (AvgIpc) is 2.66. The van der Waals surface area contributed by atoms with Gasteiger partial charge in [0.2, 0.25) is 15.9 Å². The summed E-state index contributed by atoms with van der Waals surface area (Å²) in [6, 6.07) is 3.44. The summed E-state index contributed by atoms with van der Waals surface area (Å²) >= 11 is 5.70. The molecular weight excluding hydrogens is 395 g/mol. The second-order valence-electron chi connectivity index (χ2n) is 7.27. The van der Waals surface area contributed by atoms with Crippen LogP contribution in [0.1, 0.15) is 38.5 Å². The van der Waals surface area contributed by atoms with Crippen molar-refractivity contribution in [2.24, 2.45) is 5.92 Å². The first kappa shape index (κ1) is 20.5. The number of aliphatic hydroxyl groups excluding tert-OH is 1. The Morgan fingerprint density at radius 3 is 2.37 bits per heavy atom. The summed E-state index contributed by atoms with van der Waals surface area (Å²) in [5.74, 6) is -0.931. The van der Waals surface area contributed by atoms with Gasteiger partial charge < -0.3 is 10.4 Å². The van der Waals surface area contributed by atoms with Gasteiger partial charge in [-0.15, -0.1) is 0 Å². The highest BCUT2D eigenvalue weighted by Crippen LogP contribution is 2.27. The number of sulfonamides is 1. The average molecular weight is 419 g/mol. The van der Waals surface area contributed by atoms with E-state index in [0.29, 0.717) is 25.7 Å². The van der Waals surface area contributed by atoms with E-state index in [1.54, 1.807) is 0 Å². The lowest BCUT2D eigenvalue weighted by atomic mass is 9.91. The summed E-state index contributed by atoms with van der Waals surface area (Å²) in [5.41, 5.74) is 0. The third-order valence-corrected chi connectivity index (χ3v) is 7.58. The molecule has 2 aliphatic rings. The van der Waals surface area contributed by atoms with Gasteiger partial charge in [0, 0.05) is 25.0 Å².